The molecular weight excluding hydrogens is 244 g/mol. The molecule has 0 saturated heterocycles. The topological polar surface area (TPSA) is 69.6 Å². The van der Waals surface area contributed by atoms with E-state index in [0.29, 0.717) is 12.3 Å². The number of carboxylic acids is 1. The first kappa shape index (κ1) is 17.7. The Kier molecular flexibility index (Phi) is 7.49. The lowest BCUT2D eigenvalue weighted by Crippen LogP contribution is -2.51. The van der Waals surface area contributed by atoms with Gasteiger partial charge in [0.1, 0.15) is 6.04 Å². The summed E-state index contributed by atoms with van der Waals surface area (Å²) in [7, 11) is 1.71. The maximum atomic E-state index is 12.1. The number of carbonyl (C=O) groups is 2. The van der Waals surface area contributed by atoms with Crippen molar-refractivity contribution in [2.45, 2.75) is 59.5 Å². The number of carboxylic acid groups (broad SMARTS) is 1. The molecule has 0 aliphatic carbocycles. The Bertz CT molecular complexity index is 305. The average Bonchev–Trinajstić information content (AvgIpc) is 2.32. The van der Waals surface area contributed by atoms with Crippen LogP contribution in [-0.4, -0.2) is 41.1 Å². The second-order valence-corrected chi connectivity index (χ2v) is 5.74. The van der Waals surface area contributed by atoms with Gasteiger partial charge in [0.2, 0.25) is 0 Å². The van der Waals surface area contributed by atoms with E-state index in [1.165, 1.54) is 0 Å². The first-order chi connectivity index (χ1) is 8.70. The number of hydrogen-bond donors (Lipinski definition) is 2. The number of aliphatic carboxylic acids is 1. The molecule has 0 spiro atoms. The quantitative estimate of drug-likeness (QED) is 0.748. The van der Waals surface area contributed by atoms with Crippen LogP contribution in [0.1, 0.15) is 47.5 Å². The summed E-state index contributed by atoms with van der Waals surface area (Å²) in [6, 6.07) is -1.06. The summed E-state index contributed by atoms with van der Waals surface area (Å²) in [5.74, 6) is -0.571. The summed E-state index contributed by atoms with van der Waals surface area (Å²) in [4.78, 5) is 24.8. The molecule has 5 nitrogen and oxygen atoms in total. The average molecular weight is 272 g/mol. The van der Waals surface area contributed by atoms with E-state index in [0.717, 1.165) is 6.42 Å². The normalized spacial score (nSPS) is 15.7. The highest BCUT2D eigenvalue weighted by Crippen LogP contribution is 2.12. The van der Waals surface area contributed by atoms with Gasteiger partial charge in [0, 0.05) is 13.1 Å². The summed E-state index contributed by atoms with van der Waals surface area (Å²) >= 11 is 0. The number of urea groups is 1. The van der Waals surface area contributed by atoms with Crippen molar-refractivity contribution >= 4 is 12.0 Å². The van der Waals surface area contributed by atoms with Gasteiger partial charge in [0.05, 0.1) is 0 Å². The van der Waals surface area contributed by atoms with E-state index < -0.39 is 12.0 Å². The van der Waals surface area contributed by atoms with Gasteiger partial charge in [-0.25, -0.2) is 9.59 Å². The molecule has 3 unspecified atom stereocenters. The Morgan fingerprint density at radius 1 is 1.21 bits per heavy atom. The molecule has 0 aromatic carbocycles. The molecular formula is C14H28N2O3. The SMILES string of the molecule is CCC(C)C(NC(=O)N(C)C(C)CC(C)C)C(=O)O. The van der Waals surface area contributed by atoms with E-state index in [4.69, 9.17) is 5.11 Å². The second-order valence-electron chi connectivity index (χ2n) is 5.74. The molecule has 3 atom stereocenters. The smallest absolute Gasteiger partial charge is 0.326 e. The number of nitrogens with zero attached hydrogens (tertiary/aromatic N) is 1. The van der Waals surface area contributed by atoms with Crippen LogP contribution in [0.25, 0.3) is 0 Å². The number of amides is 2. The molecule has 2 amide bonds. The minimum atomic E-state index is -0.979. The van der Waals surface area contributed by atoms with Gasteiger partial charge in [-0.05, 0) is 25.2 Å². The highest BCUT2D eigenvalue weighted by molar-refractivity contribution is 5.82. The molecule has 0 fully saturated rings. The molecule has 0 bridgehead atoms. The standard InChI is InChI=1S/C14H28N2O3/c1-7-10(4)12(13(17)18)15-14(19)16(6)11(5)8-9(2)3/h9-12H,7-8H2,1-6H3,(H,15,19)(H,17,18). The van der Waals surface area contributed by atoms with Gasteiger partial charge in [0.25, 0.3) is 0 Å². The monoisotopic (exact) mass is 272 g/mol. The van der Waals surface area contributed by atoms with Crippen LogP contribution in [0.3, 0.4) is 0 Å². The first-order valence-electron chi connectivity index (χ1n) is 6.96. The maximum Gasteiger partial charge on any atom is 0.326 e. The predicted octanol–water partition coefficient (Wildman–Crippen LogP) is 2.56. The van der Waals surface area contributed by atoms with Crippen LogP contribution in [0, 0.1) is 11.8 Å². The molecule has 0 saturated carbocycles. The second kappa shape index (κ2) is 8.02. The molecule has 5 heteroatoms. The molecule has 2 N–H and O–H groups in total. The van der Waals surface area contributed by atoms with Crippen molar-refractivity contribution in [3.05, 3.63) is 0 Å². The Labute approximate surface area is 116 Å². The summed E-state index contributed by atoms with van der Waals surface area (Å²) in [5.41, 5.74) is 0. The number of hydrogen-bond acceptors (Lipinski definition) is 2. The van der Waals surface area contributed by atoms with Gasteiger partial charge in [-0.15, -0.1) is 0 Å². The van der Waals surface area contributed by atoms with Crippen LogP contribution in [0.15, 0.2) is 0 Å². The van der Waals surface area contributed by atoms with E-state index in [1.54, 1.807) is 11.9 Å². The van der Waals surface area contributed by atoms with E-state index >= 15 is 0 Å². The minimum Gasteiger partial charge on any atom is -0.480 e. The van der Waals surface area contributed by atoms with Gasteiger partial charge in [-0.1, -0.05) is 34.1 Å². The highest BCUT2D eigenvalue weighted by atomic mass is 16.4. The third-order valence-electron chi connectivity index (χ3n) is 3.55. The van der Waals surface area contributed by atoms with Crippen molar-refractivity contribution in [2.24, 2.45) is 11.8 Å². The lowest BCUT2D eigenvalue weighted by Gasteiger charge is -2.29. The molecule has 112 valence electrons. The Morgan fingerprint density at radius 3 is 2.11 bits per heavy atom. The van der Waals surface area contributed by atoms with Gasteiger partial charge < -0.3 is 15.3 Å². The summed E-state index contributed by atoms with van der Waals surface area (Å²) in [5, 5.41) is 11.8. The molecule has 0 aromatic heterocycles. The maximum absolute atomic E-state index is 12.1. The fourth-order valence-electron chi connectivity index (χ4n) is 1.96. The van der Waals surface area contributed by atoms with Crippen LogP contribution < -0.4 is 5.32 Å². The highest BCUT2D eigenvalue weighted by Gasteiger charge is 2.27. The summed E-state index contributed by atoms with van der Waals surface area (Å²) < 4.78 is 0. The van der Waals surface area contributed by atoms with Crippen LogP contribution in [0.2, 0.25) is 0 Å². The molecule has 0 aliphatic heterocycles. The fourth-order valence-corrected chi connectivity index (χ4v) is 1.96. The lowest BCUT2D eigenvalue weighted by molar-refractivity contribution is -0.140. The molecule has 0 radical (unpaired) electrons. The zero-order valence-corrected chi connectivity index (χ0v) is 12.9. The van der Waals surface area contributed by atoms with E-state index in [9.17, 15) is 9.59 Å². The van der Waals surface area contributed by atoms with Gasteiger partial charge >= 0.3 is 12.0 Å². The molecule has 0 aromatic rings. The van der Waals surface area contributed by atoms with Crippen LogP contribution in [0.4, 0.5) is 4.79 Å². The predicted molar refractivity (Wildman–Crippen MR) is 76.1 cm³/mol. The summed E-state index contributed by atoms with van der Waals surface area (Å²) in [6.07, 6.45) is 1.60. The van der Waals surface area contributed by atoms with Crippen molar-refractivity contribution in [2.75, 3.05) is 7.05 Å². The Hall–Kier alpha value is -1.26. The third-order valence-corrected chi connectivity index (χ3v) is 3.55. The van der Waals surface area contributed by atoms with Crippen molar-refractivity contribution in [1.29, 1.82) is 0 Å². The van der Waals surface area contributed by atoms with E-state index in [2.05, 4.69) is 19.2 Å². The molecule has 0 aliphatic rings. The van der Waals surface area contributed by atoms with E-state index in [1.807, 2.05) is 20.8 Å². The van der Waals surface area contributed by atoms with Crippen LogP contribution in [0.5, 0.6) is 0 Å². The van der Waals surface area contributed by atoms with Gasteiger partial charge in [0.15, 0.2) is 0 Å². The van der Waals surface area contributed by atoms with Crippen molar-refractivity contribution in [1.82, 2.24) is 10.2 Å². The van der Waals surface area contributed by atoms with Crippen molar-refractivity contribution < 1.29 is 14.7 Å². The van der Waals surface area contributed by atoms with Crippen molar-refractivity contribution in [3.63, 3.8) is 0 Å². The summed E-state index contributed by atoms with van der Waals surface area (Å²) in [6.45, 7) is 9.91. The Morgan fingerprint density at radius 2 is 1.74 bits per heavy atom. The fraction of sp³-hybridized carbons (Fsp3) is 0.857. The van der Waals surface area contributed by atoms with Gasteiger partial charge in [-0.2, -0.15) is 0 Å². The molecule has 19 heavy (non-hydrogen) atoms. The molecule has 0 rings (SSSR count). The molecule has 0 heterocycles. The van der Waals surface area contributed by atoms with Crippen LogP contribution in [-0.2, 0) is 4.79 Å². The zero-order valence-electron chi connectivity index (χ0n) is 12.9. The van der Waals surface area contributed by atoms with Crippen LogP contribution >= 0.6 is 0 Å². The van der Waals surface area contributed by atoms with Crippen molar-refractivity contribution in [3.8, 4) is 0 Å². The number of carbonyl (C=O) groups excluding carboxylic acids is 1. The largest absolute Gasteiger partial charge is 0.480 e. The first-order valence-corrected chi connectivity index (χ1v) is 6.96. The lowest BCUT2D eigenvalue weighted by atomic mass is 9.99. The number of rotatable bonds is 7. The van der Waals surface area contributed by atoms with E-state index in [-0.39, 0.29) is 18.0 Å². The minimum absolute atomic E-state index is 0.0877. The number of nitrogens with one attached hydrogen (secondary N) is 1. The Balaban J connectivity index is 4.59. The zero-order chi connectivity index (χ0) is 15.2. The third kappa shape index (κ3) is 5.94. The van der Waals surface area contributed by atoms with Gasteiger partial charge in [-0.3, -0.25) is 0 Å².